The van der Waals surface area contributed by atoms with Gasteiger partial charge in [-0.1, -0.05) is 6.07 Å². The molecular weight excluding hydrogens is 262 g/mol. The average Bonchev–Trinajstić information content (AvgIpc) is 2.80. The number of carboxylic acid groups (broad SMARTS) is 1. The third kappa shape index (κ3) is 2.33. The molecule has 0 saturated heterocycles. The standard InChI is InChI=1S/C14H15NO3S/c1-8-7-12(16)15(10(3)13(8)14(17)18)9(2)11-5-4-6-19-11/h4-7,9H,1-3H3,(H,17,18). The van der Waals surface area contributed by atoms with Gasteiger partial charge in [0.15, 0.2) is 0 Å². The molecule has 0 aliphatic carbocycles. The monoisotopic (exact) mass is 277 g/mol. The second-order valence-corrected chi connectivity index (χ2v) is 5.47. The minimum atomic E-state index is -0.998. The Hall–Kier alpha value is -1.88. The lowest BCUT2D eigenvalue weighted by atomic mass is 10.1. The van der Waals surface area contributed by atoms with Gasteiger partial charge in [0, 0.05) is 16.6 Å². The van der Waals surface area contributed by atoms with Crippen LogP contribution in [-0.4, -0.2) is 15.6 Å². The van der Waals surface area contributed by atoms with E-state index in [2.05, 4.69) is 0 Å². The molecule has 2 heterocycles. The van der Waals surface area contributed by atoms with Crippen LogP contribution in [0.1, 0.15) is 39.5 Å². The Kier molecular flexibility index (Phi) is 3.57. The summed E-state index contributed by atoms with van der Waals surface area (Å²) in [6, 6.07) is 5.09. The van der Waals surface area contributed by atoms with Gasteiger partial charge in [0.05, 0.1) is 11.6 Å². The molecule has 100 valence electrons. The molecule has 1 N–H and O–H groups in total. The van der Waals surface area contributed by atoms with Crippen molar-refractivity contribution in [2.45, 2.75) is 26.8 Å². The Morgan fingerprint density at radius 1 is 1.42 bits per heavy atom. The maximum Gasteiger partial charge on any atom is 0.337 e. The van der Waals surface area contributed by atoms with E-state index in [4.69, 9.17) is 0 Å². The van der Waals surface area contributed by atoms with Crippen LogP contribution in [0.5, 0.6) is 0 Å². The minimum absolute atomic E-state index is 0.161. The summed E-state index contributed by atoms with van der Waals surface area (Å²) in [7, 11) is 0. The van der Waals surface area contributed by atoms with Gasteiger partial charge < -0.3 is 9.67 Å². The van der Waals surface area contributed by atoms with Gasteiger partial charge in [0.25, 0.3) is 5.56 Å². The summed E-state index contributed by atoms with van der Waals surface area (Å²) < 4.78 is 1.54. The van der Waals surface area contributed by atoms with Crippen molar-refractivity contribution in [1.29, 1.82) is 0 Å². The molecule has 5 heteroatoms. The van der Waals surface area contributed by atoms with Crippen molar-refractivity contribution in [3.8, 4) is 0 Å². The van der Waals surface area contributed by atoms with Crippen LogP contribution < -0.4 is 5.56 Å². The lowest BCUT2D eigenvalue weighted by Crippen LogP contribution is -2.28. The van der Waals surface area contributed by atoms with Crippen LogP contribution in [0.4, 0.5) is 0 Å². The van der Waals surface area contributed by atoms with Gasteiger partial charge >= 0.3 is 5.97 Å². The van der Waals surface area contributed by atoms with Gasteiger partial charge in [-0.2, -0.15) is 0 Å². The minimum Gasteiger partial charge on any atom is -0.478 e. The summed E-state index contributed by atoms with van der Waals surface area (Å²) in [5, 5.41) is 11.2. The first-order chi connectivity index (χ1) is 8.93. The molecule has 0 saturated carbocycles. The van der Waals surface area contributed by atoms with Crippen LogP contribution in [-0.2, 0) is 0 Å². The molecule has 0 bridgehead atoms. The van der Waals surface area contributed by atoms with E-state index >= 15 is 0 Å². The van der Waals surface area contributed by atoms with E-state index in [1.54, 1.807) is 29.8 Å². The van der Waals surface area contributed by atoms with Crippen LogP contribution >= 0.6 is 11.3 Å². The van der Waals surface area contributed by atoms with E-state index < -0.39 is 5.97 Å². The van der Waals surface area contributed by atoms with E-state index in [0.717, 1.165) is 4.88 Å². The number of nitrogens with zero attached hydrogens (tertiary/aromatic N) is 1. The predicted octanol–water partition coefficient (Wildman–Crippen LogP) is 2.83. The Labute approximate surface area is 115 Å². The van der Waals surface area contributed by atoms with Gasteiger partial charge in [-0.15, -0.1) is 11.3 Å². The highest BCUT2D eigenvalue weighted by Gasteiger charge is 2.19. The summed E-state index contributed by atoms with van der Waals surface area (Å²) in [4.78, 5) is 24.5. The fraction of sp³-hybridized carbons (Fsp3) is 0.286. The Balaban J connectivity index is 2.67. The zero-order chi connectivity index (χ0) is 14.2. The smallest absolute Gasteiger partial charge is 0.337 e. The maximum atomic E-state index is 12.1. The zero-order valence-electron chi connectivity index (χ0n) is 11.0. The zero-order valence-corrected chi connectivity index (χ0v) is 11.8. The number of carbonyl (C=O) groups is 1. The van der Waals surface area contributed by atoms with Gasteiger partial charge in [-0.25, -0.2) is 4.79 Å². The molecule has 0 spiro atoms. The van der Waals surface area contributed by atoms with Gasteiger partial charge in [0.1, 0.15) is 0 Å². The van der Waals surface area contributed by atoms with E-state index in [9.17, 15) is 14.7 Å². The van der Waals surface area contributed by atoms with E-state index in [-0.39, 0.29) is 17.2 Å². The van der Waals surface area contributed by atoms with Gasteiger partial charge in [0.2, 0.25) is 0 Å². The van der Waals surface area contributed by atoms with E-state index in [0.29, 0.717) is 11.3 Å². The summed E-state index contributed by atoms with van der Waals surface area (Å²) in [5.41, 5.74) is 1.05. The van der Waals surface area contributed by atoms with E-state index in [1.165, 1.54) is 6.07 Å². The predicted molar refractivity (Wildman–Crippen MR) is 75.3 cm³/mol. The van der Waals surface area contributed by atoms with Crippen molar-refractivity contribution in [2.75, 3.05) is 0 Å². The lowest BCUT2D eigenvalue weighted by molar-refractivity contribution is 0.0694. The molecule has 2 aromatic rings. The molecule has 4 nitrogen and oxygen atoms in total. The number of aromatic carboxylic acids is 1. The molecule has 19 heavy (non-hydrogen) atoms. The molecule has 0 fully saturated rings. The van der Waals surface area contributed by atoms with Crippen LogP contribution in [0.2, 0.25) is 0 Å². The van der Waals surface area contributed by atoms with Crippen LogP contribution in [0, 0.1) is 13.8 Å². The highest BCUT2D eigenvalue weighted by molar-refractivity contribution is 7.10. The van der Waals surface area contributed by atoms with Gasteiger partial charge in [-0.3, -0.25) is 4.79 Å². The molecule has 0 aliphatic heterocycles. The van der Waals surface area contributed by atoms with Crippen LogP contribution in [0.25, 0.3) is 0 Å². The van der Waals surface area contributed by atoms with Crippen molar-refractivity contribution in [1.82, 2.24) is 4.57 Å². The van der Waals surface area contributed by atoms with E-state index in [1.807, 2.05) is 24.4 Å². The number of pyridine rings is 1. The Morgan fingerprint density at radius 2 is 2.11 bits per heavy atom. The fourth-order valence-corrected chi connectivity index (χ4v) is 3.13. The largest absolute Gasteiger partial charge is 0.478 e. The third-order valence-corrected chi connectivity index (χ3v) is 4.29. The van der Waals surface area contributed by atoms with Crippen molar-refractivity contribution >= 4 is 17.3 Å². The number of carboxylic acids is 1. The first-order valence-corrected chi connectivity index (χ1v) is 6.81. The average molecular weight is 277 g/mol. The second-order valence-electron chi connectivity index (χ2n) is 4.49. The SMILES string of the molecule is Cc1cc(=O)n(C(C)c2cccs2)c(C)c1C(=O)O. The number of aryl methyl sites for hydroxylation is 1. The molecule has 2 aromatic heterocycles. The lowest BCUT2D eigenvalue weighted by Gasteiger charge is -2.19. The van der Waals surface area contributed by atoms with Crippen molar-refractivity contribution in [3.05, 3.63) is 55.6 Å². The number of thiophene rings is 1. The fourth-order valence-electron chi connectivity index (χ4n) is 2.36. The summed E-state index contributed by atoms with van der Waals surface area (Å²) in [5.74, 6) is -0.998. The summed E-state index contributed by atoms with van der Waals surface area (Å²) >= 11 is 1.55. The molecule has 0 aliphatic rings. The normalized spacial score (nSPS) is 12.4. The molecule has 1 unspecified atom stereocenters. The highest BCUT2D eigenvalue weighted by atomic mass is 32.1. The first-order valence-electron chi connectivity index (χ1n) is 5.93. The number of aromatic nitrogens is 1. The van der Waals surface area contributed by atoms with Crippen molar-refractivity contribution in [3.63, 3.8) is 0 Å². The van der Waals surface area contributed by atoms with Crippen molar-refractivity contribution < 1.29 is 9.90 Å². The molecule has 1 atom stereocenters. The molecule has 0 radical (unpaired) electrons. The van der Waals surface area contributed by atoms with Crippen LogP contribution in [0.3, 0.4) is 0 Å². The number of hydrogen-bond acceptors (Lipinski definition) is 3. The van der Waals surface area contributed by atoms with Crippen LogP contribution in [0.15, 0.2) is 28.4 Å². The molecule has 2 rings (SSSR count). The third-order valence-electron chi connectivity index (χ3n) is 3.25. The first kappa shape index (κ1) is 13.5. The molecule has 0 amide bonds. The molecular formula is C14H15NO3S. The number of hydrogen-bond donors (Lipinski definition) is 1. The Bertz CT molecular complexity index is 671. The summed E-state index contributed by atoms with van der Waals surface area (Å²) in [6.07, 6.45) is 0. The summed E-state index contributed by atoms with van der Waals surface area (Å²) in [6.45, 7) is 5.24. The topological polar surface area (TPSA) is 59.3 Å². The van der Waals surface area contributed by atoms with Gasteiger partial charge in [-0.05, 0) is 37.8 Å². The number of rotatable bonds is 3. The second kappa shape index (κ2) is 5.01. The van der Waals surface area contributed by atoms with Crippen molar-refractivity contribution in [2.24, 2.45) is 0 Å². The maximum absolute atomic E-state index is 12.1. The Morgan fingerprint density at radius 3 is 2.63 bits per heavy atom. The molecule has 0 aromatic carbocycles. The highest BCUT2D eigenvalue weighted by Crippen LogP contribution is 2.24. The quantitative estimate of drug-likeness (QED) is 0.938.